The number of hydrogen-bond acceptors (Lipinski definition) is 2. The van der Waals surface area contributed by atoms with Crippen molar-refractivity contribution in [2.75, 3.05) is 0 Å². The second-order valence-electron chi connectivity index (χ2n) is 2.58. The van der Waals surface area contributed by atoms with Gasteiger partial charge in [-0.25, -0.2) is 8.78 Å². The maximum Gasteiger partial charge on any atom is 0.242 e. The Balaban J connectivity index is 2.47. The first kappa shape index (κ1) is 9.01. The zero-order valence-corrected chi connectivity index (χ0v) is 7.55. The van der Waals surface area contributed by atoms with Gasteiger partial charge < -0.3 is 0 Å². The van der Waals surface area contributed by atoms with E-state index in [1.54, 1.807) is 0 Å². The number of nitrogens with zero attached hydrogens (tertiary/aromatic N) is 3. The van der Waals surface area contributed by atoms with Crippen molar-refractivity contribution in [3.63, 3.8) is 0 Å². The number of aliphatic imine (C=N–C) groups is 1. The number of benzene rings is 1. The molecular formula is C8H3F2N3S. The van der Waals surface area contributed by atoms with Crippen molar-refractivity contribution in [2.24, 2.45) is 15.2 Å². The van der Waals surface area contributed by atoms with E-state index in [0.717, 1.165) is 18.2 Å². The van der Waals surface area contributed by atoms with E-state index < -0.39 is 11.6 Å². The summed E-state index contributed by atoms with van der Waals surface area (Å²) in [6.45, 7) is 0. The van der Waals surface area contributed by atoms with E-state index >= 15 is 0 Å². The lowest BCUT2D eigenvalue weighted by Gasteiger charge is -1.96. The topological polar surface area (TPSA) is 37.1 Å². The molecule has 70 valence electrons. The van der Waals surface area contributed by atoms with Crippen molar-refractivity contribution >= 4 is 23.2 Å². The molecule has 6 heteroatoms. The number of thiocarbonyl (C=S) groups is 1. The Morgan fingerprint density at radius 1 is 1.00 bits per heavy atom. The molecule has 0 radical (unpaired) electrons. The highest BCUT2D eigenvalue weighted by atomic mass is 32.1. The minimum atomic E-state index is -0.685. The van der Waals surface area contributed by atoms with E-state index in [1.807, 2.05) is 0 Å². The molecule has 0 saturated carbocycles. The van der Waals surface area contributed by atoms with Gasteiger partial charge in [0.1, 0.15) is 11.6 Å². The summed E-state index contributed by atoms with van der Waals surface area (Å²) in [6, 6.07) is 3.01. The van der Waals surface area contributed by atoms with E-state index in [-0.39, 0.29) is 16.5 Å². The van der Waals surface area contributed by atoms with Gasteiger partial charge in [0.15, 0.2) is 5.84 Å². The molecule has 2 rings (SSSR count). The molecule has 0 spiro atoms. The standard InChI is InChI=1S/C8H3F2N3S/c9-5-1-4(2-6(10)3-5)7-11-8(14)13-12-7/h1-3H. The van der Waals surface area contributed by atoms with Gasteiger partial charge in [0.2, 0.25) is 5.11 Å². The summed E-state index contributed by atoms with van der Waals surface area (Å²) in [5.74, 6) is -1.24. The third kappa shape index (κ3) is 1.69. The van der Waals surface area contributed by atoms with Crippen molar-refractivity contribution in [1.29, 1.82) is 0 Å². The first-order valence-corrected chi connectivity index (χ1v) is 4.07. The predicted molar refractivity (Wildman–Crippen MR) is 50.3 cm³/mol. The van der Waals surface area contributed by atoms with Crippen molar-refractivity contribution < 1.29 is 8.78 Å². The van der Waals surface area contributed by atoms with Crippen LogP contribution in [0.25, 0.3) is 0 Å². The molecule has 1 aromatic rings. The Morgan fingerprint density at radius 2 is 1.64 bits per heavy atom. The second kappa shape index (κ2) is 3.30. The summed E-state index contributed by atoms with van der Waals surface area (Å²) in [5.41, 5.74) is 0.228. The minimum Gasteiger partial charge on any atom is -0.207 e. The fraction of sp³-hybridized carbons (Fsp3) is 0. The SMILES string of the molecule is Fc1cc(F)cc(C2=NC(=S)N=N2)c1. The van der Waals surface area contributed by atoms with Crippen LogP contribution in [0.2, 0.25) is 0 Å². The Kier molecular flexibility index (Phi) is 2.12. The van der Waals surface area contributed by atoms with Gasteiger partial charge in [0, 0.05) is 11.6 Å². The Morgan fingerprint density at radius 3 is 2.14 bits per heavy atom. The summed E-state index contributed by atoms with van der Waals surface area (Å²) >= 11 is 4.63. The number of hydrogen-bond donors (Lipinski definition) is 0. The Labute approximate surface area is 83.2 Å². The molecule has 0 atom stereocenters. The molecule has 1 heterocycles. The third-order valence-corrected chi connectivity index (χ3v) is 1.73. The summed E-state index contributed by atoms with van der Waals surface area (Å²) in [4.78, 5) is 3.72. The van der Waals surface area contributed by atoms with Gasteiger partial charge in [-0.15, -0.1) is 10.2 Å². The molecule has 0 saturated heterocycles. The average molecular weight is 211 g/mol. The quantitative estimate of drug-likeness (QED) is 0.657. The zero-order chi connectivity index (χ0) is 10.1. The maximum absolute atomic E-state index is 12.8. The van der Waals surface area contributed by atoms with Crippen LogP contribution in [0.3, 0.4) is 0 Å². The lowest BCUT2D eigenvalue weighted by Crippen LogP contribution is -1.96. The van der Waals surface area contributed by atoms with Gasteiger partial charge >= 0.3 is 0 Å². The molecule has 0 fully saturated rings. The monoisotopic (exact) mass is 211 g/mol. The number of rotatable bonds is 1. The molecule has 0 N–H and O–H groups in total. The van der Waals surface area contributed by atoms with Gasteiger partial charge in [-0.05, 0) is 24.4 Å². The number of azo groups is 1. The van der Waals surface area contributed by atoms with E-state index in [2.05, 4.69) is 27.4 Å². The number of amidine groups is 1. The van der Waals surface area contributed by atoms with E-state index in [4.69, 9.17) is 0 Å². The van der Waals surface area contributed by atoms with Gasteiger partial charge in [-0.2, -0.15) is 4.99 Å². The molecule has 1 aromatic carbocycles. The number of halogens is 2. The summed E-state index contributed by atoms with van der Waals surface area (Å²) in [5, 5.41) is 7.09. The van der Waals surface area contributed by atoms with Gasteiger partial charge in [-0.3, -0.25) is 0 Å². The van der Waals surface area contributed by atoms with Crippen molar-refractivity contribution in [3.05, 3.63) is 35.4 Å². The van der Waals surface area contributed by atoms with Crippen molar-refractivity contribution in [2.45, 2.75) is 0 Å². The highest BCUT2D eigenvalue weighted by Gasteiger charge is 2.11. The van der Waals surface area contributed by atoms with Crippen LogP contribution in [0.1, 0.15) is 5.56 Å². The van der Waals surface area contributed by atoms with Crippen LogP contribution >= 0.6 is 12.2 Å². The zero-order valence-electron chi connectivity index (χ0n) is 6.74. The molecule has 0 bridgehead atoms. The average Bonchev–Trinajstić information content (AvgIpc) is 2.50. The van der Waals surface area contributed by atoms with Crippen molar-refractivity contribution in [1.82, 2.24) is 0 Å². The maximum atomic E-state index is 12.8. The van der Waals surface area contributed by atoms with Gasteiger partial charge in [-0.1, -0.05) is 0 Å². The van der Waals surface area contributed by atoms with Crippen LogP contribution in [-0.2, 0) is 0 Å². The molecule has 0 aliphatic carbocycles. The fourth-order valence-electron chi connectivity index (χ4n) is 1.03. The first-order valence-electron chi connectivity index (χ1n) is 3.66. The molecule has 0 aromatic heterocycles. The van der Waals surface area contributed by atoms with Crippen LogP contribution in [0.4, 0.5) is 8.78 Å². The smallest absolute Gasteiger partial charge is 0.207 e. The highest BCUT2D eigenvalue weighted by molar-refractivity contribution is 7.80. The lowest BCUT2D eigenvalue weighted by molar-refractivity contribution is 0.583. The minimum absolute atomic E-state index is 0.0599. The van der Waals surface area contributed by atoms with E-state index in [9.17, 15) is 8.78 Å². The summed E-state index contributed by atoms with van der Waals surface area (Å²) < 4.78 is 25.6. The molecule has 3 nitrogen and oxygen atoms in total. The molecule has 0 unspecified atom stereocenters. The van der Waals surface area contributed by atoms with Crippen LogP contribution in [0.15, 0.2) is 33.4 Å². The van der Waals surface area contributed by atoms with Crippen molar-refractivity contribution in [3.8, 4) is 0 Å². The largest absolute Gasteiger partial charge is 0.242 e. The molecule has 1 aliphatic rings. The van der Waals surface area contributed by atoms with E-state index in [0.29, 0.717) is 0 Å². The Bertz CT molecular complexity index is 447. The van der Waals surface area contributed by atoms with Crippen LogP contribution in [-0.4, -0.2) is 10.9 Å². The van der Waals surface area contributed by atoms with E-state index in [1.165, 1.54) is 0 Å². The predicted octanol–water partition coefficient (Wildman–Crippen LogP) is 2.46. The van der Waals surface area contributed by atoms with Crippen LogP contribution in [0.5, 0.6) is 0 Å². The summed E-state index contributed by atoms with van der Waals surface area (Å²) in [6.07, 6.45) is 0. The molecule has 14 heavy (non-hydrogen) atoms. The summed E-state index contributed by atoms with van der Waals surface area (Å²) in [7, 11) is 0. The first-order chi connectivity index (χ1) is 6.65. The normalized spacial score (nSPS) is 14.7. The highest BCUT2D eigenvalue weighted by Crippen LogP contribution is 2.13. The Hall–Kier alpha value is -1.56. The fourth-order valence-corrected chi connectivity index (χ4v) is 1.16. The lowest BCUT2D eigenvalue weighted by atomic mass is 10.2. The second-order valence-corrected chi connectivity index (χ2v) is 2.94. The van der Waals surface area contributed by atoms with Gasteiger partial charge in [0.05, 0.1) is 0 Å². The van der Waals surface area contributed by atoms with Gasteiger partial charge in [0.25, 0.3) is 0 Å². The van der Waals surface area contributed by atoms with Crippen LogP contribution < -0.4 is 0 Å². The third-order valence-electron chi connectivity index (χ3n) is 1.55. The van der Waals surface area contributed by atoms with Crippen LogP contribution in [0, 0.1) is 11.6 Å². The molecule has 1 aliphatic heterocycles. The molecule has 0 amide bonds. The molecular weight excluding hydrogens is 208 g/mol.